The Morgan fingerprint density at radius 3 is 2.21 bits per heavy atom. The van der Waals surface area contributed by atoms with E-state index >= 15 is 0 Å². The topological polar surface area (TPSA) is 49.0 Å². The summed E-state index contributed by atoms with van der Waals surface area (Å²) in [6.45, 7) is 2.41. The molecule has 1 aromatic carbocycles. The second-order valence-electron chi connectivity index (χ2n) is 3.99. The van der Waals surface area contributed by atoms with Crippen molar-refractivity contribution in [3.8, 4) is 17.2 Å². The number of ether oxygens (including phenoxy) is 4. The molecule has 5 nitrogen and oxygen atoms in total. The molecular weight excluding hydrogens is 246 g/mol. The fourth-order valence-corrected chi connectivity index (χ4v) is 1.88. The van der Waals surface area contributed by atoms with E-state index in [1.54, 1.807) is 28.4 Å². The average molecular weight is 269 g/mol. The van der Waals surface area contributed by atoms with Gasteiger partial charge in [-0.05, 0) is 24.6 Å². The monoisotopic (exact) mass is 269 g/mol. The SMILES string of the molecule is COCCNCCc1ccc(OC)c(OC)c1OC. The van der Waals surface area contributed by atoms with Crippen molar-refractivity contribution in [2.45, 2.75) is 6.42 Å². The van der Waals surface area contributed by atoms with Crippen LogP contribution < -0.4 is 19.5 Å². The summed E-state index contributed by atoms with van der Waals surface area (Å²) in [6.07, 6.45) is 0.854. The molecule has 108 valence electrons. The number of nitrogens with one attached hydrogen (secondary N) is 1. The molecule has 0 radical (unpaired) electrons. The van der Waals surface area contributed by atoms with Crippen LogP contribution >= 0.6 is 0 Å². The maximum absolute atomic E-state index is 5.43. The molecule has 0 fully saturated rings. The van der Waals surface area contributed by atoms with Gasteiger partial charge in [0.2, 0.25) is 5.75 Å². The van der Waals surface area contributed by atoms with Crippen LogP contribution in [0.15, 0.2) is 12.1 Å². The van der Waals surface area contributed by atoms with Crippen LogP contribution in [-0.4, -0.2) is 48.1 Å². The van der Waals surface area contributed by atoms with E-state index in [1.165, 1.54) is 0 Å². The Hall–Kier alpha value is -1.46. The number of hydrogen-bond acceptors (Lipinski definition) is 5. The van der Waals surface area contributed by atoms with E-state index in [1.807, 2.05) is 12.1 Å². The zero-order valence-electron chi connectivity index (χ0n) is 12.1. The van der Waals surface area contributed by atoms with Crippen molar-refractivity contribution in [3.63, 3.8) is 0 Å². The lowest BCUT2D eigenvalue weighted by atomic mass is 10.1. The van der Waals surface area contributed by atoms with E-state index in [-0.39, 0.29) is 0 Å². The number of methoxy groups -OCH3 is 4. The molecule has 0 amide bonds. The van der Waals surface area contributed by atoms with Gasteiger partial charge in [0.25, 0.3) is 0 Å². The molecule has 0 unspecified atom stereocenters. The van der Waals surface area contributed by atoms with E-state index in [2.05, 4.69) is 5.32 Å². The van der Waals surface area contributed by atoms with Gasteiger partial charge in [-0.3, -0.25) is 0 Å². The summed E-state index contributed by atoms with van der Waals surface area (Å²) in [5, 5.41) is 3.30. The molecule has 0 aliphatic heterocycles. The largest absolute Gasteiger partial charge is 0.493 e. The lowest BCUT2D eigenvalue weighted by Crippen LogP contribution is -2.21. The molecule has 0 bridgehead atoms. The van der Waals surface area contributed by atoms with Gasteiger partial charge in [-0.15, -0.1) is 0 Å². The zero-order valence-corrected chi connectivity index (χ0v) is 12.1. The molecule has 0 saturated carbocycles. The van der Waals surface area contributed by atoms with E-state index in [9.17, 15) is 0 Å². The van der Waals surface area contributed by atoms with Gasteiger partial charge in [0.15, 0.2) is 11.5 Å². The van der Waals surface area contributed by atoms with Crippen LogP contribution in [0.25, 0.3) is 0 Å². The quantitative estimate of drug-likeness (QED) is 0.688. The summed E-state index contributed by atoms with van der Waals surface area (Å²) in [7, 11) is 6.56. The van der Waals surface area contributed by atoms with Crippen LogP contribution in [0.2, 0.25) is 0 Å². The third-order valence-electron chi connectivity index (χ3n) is 2.84. The standard InChI is InChI=1S/C14H23NO4/c1-16-10-9-15-8-7-11-5-6-12(17-2)14(19-4)13(11)18-3/h5-6,15H,7-10H2,1-4H3. The highest BCUT2D eigenvalue weighted by atomic mass is 16.5. The van der Waals surface area contributed by atoms with Crippen LogP contribution in [0.1, 0.15) is 5.56 Å². The van der Waals surface area contributed by atoms with Gasteiger partial charge in [-0.1, -0.05) is 6.07 Å². The Balaban J connectivity index is 2.72. The summed E-state index contributed by atoms with van der Waals surface area (Å²) in [5.74, 6) is 2.05. The molecule has 1 rings (SSSR count). The first-order valence-electron chi connectivity index (χ1n) is 6.26. The second kappa shape index (κ2) is 8.61. The predicted octanol–water partition coefficient (Wildman–Crippen LogP) is 1.49. The summed E-state index contributed by atoms with van der Waals surface area (Å²) in [6, 6.07) is 3.89. The average Bonchev–Trinajstić information content (AvgIpc) is 2.45. The number of hydrogen-bond donors (Lipinski definition) is 1. The lowest BCUT2D eigenvalue weighted by Gasteiger charge is -2.15. The highest BCUT2D eigenvalue weighted by molar-refractivity contribution is 5.55. The first-order valence-corrected chi connectivity index (χ1v) is 6.26. The minimum Gasteiger partial charge on any atom is -0.493 e. The summed E-state index contributed by atoms with van der Waals surface area (Å²) < 4.78 is 21.0. The molecule has 0 spiro atoms. The smallest absolute Gasteiger partial charge is 0.203 e. The van der Waals surface area contributed by atoms with Crippen LogP contribution in [0.3, 0.4) is 0 Å². The maximum atomic E-state index is 5.43. The number of rotatable bonds is 9. The molecule has 1 aromatic rings. The minimum atomic E-state index is 0.638. The highest BCUT2D eigenvalue weighted by Crippen LogP contribution is 2.39. The van der Waals surface area contributed by atoms with Gasteiger partial charge in [0.05, 0.1) is 27.9 Å². The predicted molar refractivity (Wildman–Crippen MR) is 74.5 cm³/mol. The van der Waals surface area contributed by atoms with Crippen molar-refractivity contribution in [1.82, 2.24) is 5.32 Å². The third kappa shape index (κ3) is 4.29. The van der Waals surface area contributed by atoms with Crippen molar-refractivity contribution in [2.75, 3.05) is 48.1 Å². The molecule has 0 aliphatic carbocycles. The second-order valence-corrected chi connectivity index (χ2v) is 3.99. The van der Waals surface area contributed by atoms with Gasteiger partial charge in [-0.25, -0.2) is 0 Å². The minimum absolute atomic E-state index is 0.638. The van der Waals surface area contributed by atoms with E-state index < -0.39 is 0 Å². The molecule has 1 N–H and O–H groups in total. The van der Waals surface area contributed by atoms with E-state index in [4.69, 9.17) is 18.9 Å². The highest BCUT2D eigenvalue weighted by Gasteiger charge is 2.15. The molecular formula is C14H23NO4. The molecule has 0 saturated heterocycles. The molecule has 0 aromatic heterocycles. The molecule has 0 aliphatic rings. The van der Waals surface area contributed by atoms with Crippen molar-refractivity contribution in [1.29, 1.82) is 0 Å². The molecule has 0 heterocycles. The fourth-order valence-electron chi connectivity index (χ4n) is 1.88. The van der Waals surface area contributed by atoms with Crippen molar-refractivity contribution in [2.24, 2.45) is 0 Å². The third-order valence-corrected chi connectivity index (χ3v) is 2.84. The van der Waals surface area contributed by atoms with Crippen LogP contribution in [0.4, 0.5) is 0 Å². The van der Waals surface area contributed by atoms with Gasteiger partial charge in [-0.2, -0.15) is 0 Å². The fraction of sp³-hybridized carbons (Fsp3) is 0.571. The Bertz CT molecular complexity index is 382. The first-order chi connectivity index (χ1) is 9.28. The first kappa shape index (κ1) is 15.6. The van der Waals surface area contributed by atoms with Crippen LogP contribution in [-0.2, 0) is 11.2 Å². The van der Waals surface area contributed by atoms with E-state index in [0.29, 0.717) is 18.1 Å². The van der Waals surface area contributed by atoms with Crippen molar-refractivity contribution < 1.29 is 18.9 Å². The Morgan fingerprint density at radius 2 is 1.63 bits per heavy atom. The maximum Gasteiger partial charge on any atom is 0.203 e. The Labute approximate surface area is 114 Å². The zero-order chi connectivity index (χ0) is 14.1. The van der Waals surface area contributed by atoms with Gasteiger partial charge in [0.1, 0.15) is 0 Å². The lowest BCUT2D eigenvalue weighted by molar-refractivity contribution is 0.199. The van der Waals surface area contributed by atoms with Crippen molar-refractivity contribution in [3.05, 3.63) is 17.7 Å². The van der Waals surface area contributed by atoms with Gasteiger partial charge < -0.3 is 24.3 Å². The molecule has 5 heteroatoms. The normalized spacial score (nSPS) is 10.3. The number of benzene rings is 1. The summed E-state index contributed by atoms with van der Waals surface area (Å²) >= 11 is 0. The van der Waals surface area contributed by atoms with Crippen molar-refractivity contribution >= 4 is 0 Å². The molecule has 0 atom stereocenters. The van der Waals surface area contributed by atoms with Crippen LogP contribution in [0.5, 0.6) is 17.2 Å². The molecule has 19 heavy (non-hydrogen) atoms. The van der Waals surface area contributed by atoms with Crippen LogP contribution in [0, 0.1) is 0 Å². The van der Waals surface area contributed by atoms with E-state index in [0.717, 1.165) is 30.8 Å². The summed E-state index contributed by atoms with van der Waals surface area (Å²) in [4.78, 5) is 0. The Kier molecular flexibility index (Phi) is 7.07. The van der Waals surface area contributed by atoms with Gasteiger partial charge in [0, 0.05) is 13.7 Å². The van der Waals surface area contributed by atoms with Gasteiger partial charge >= 0.3 is 0 Å². The Morgan fingerprint density at radius 1 is 0.895 bits per heavy atom. The summed E-state index contributed by atoms with van der Waals surface area (Å²) in [5.41, 5.74) is 1.09.